The highest BCUT2D eigenvalue weighted by molar-refractivity contribution is 14.1. The van der Waals surface area contributed by atoms with Gasteiger partial charge in [-0.05, 0) is 67.9 Å². The van der Waals surface area contributed by atoms with Gasteiger partial charge in [-0.25, -0.2) is 4.98 Å². The molecule has 2 aromatic carbocycles. The number of piperidine rings is 1. The quantitative estimate of drug-likeness (QED) is 0.451. The van der Waals surface area contributed by atoms with Gasteiger partial charge in [0.2, 0.25) is 5.91 Å². The van der Waals surface area contributed by atoms with E-state index in [1.54, 1.807) is 10.9 Å². The molecule has 172 valence electrons. The Morgan fingerprint density at radius 1 is 1.18 bits per heavy atom. The van der Waals surface area contributed by atoms with E-state index >= 15 is 0 Å². The van der Waals surface area contributed by atoms with Crippen LogP contribution in [0.25, 0.3) is 10.9 Å². The van der Waals surface area contributed by atoms with Crippen LogP contribution in [0.1, 0.15) is 36.0 Å². The SMILES string of the molecule is Cc1ccc2c(=O)n(CC3(OI)CCN(C(=O)C4CCc5ccccc5C4)CC3)cnc2c1. The maximum absolute atomic E-state index is 13.3. The van der Waals surface area contributed by atoms with Crippen molar-refractivity contribution in [3.8, 4) is 0 Å². The van der Waals surface area contributed by atoms with Crippen molar-refractivity contribution in [3.63, 3.8) is 0 Å². The maximum Gasteiger partial charge on any atom is 0.261 e. The molecule has 1 aromatic heterocycles. The second-order valence-corrected chi connectivity index (χ2v) is 9.93. The standard InChI is InChI=1S/C26H28IN3O3/c1-18-6-9-22-23(14-18)28-17-30(25(22)32)16-26(33-27)10-12-29(13-11-26)24(31)21-8-7-19-4-2-3-5-20(19)15-21/h2-6,9,14,17,21H,7-8,10-13,15-16H2,1H3. The van der Waals surface area contributed by atoms with Crippen molar-refractivity contribution < 1.29 is 7.86 Å². The van der Waals surface area contributed by atoms with Crippen molar-refractivity contribution in [2.45, 2.75) is 51.2 Å². The summed E-state index contributed by atoms with van der Waals surface area (Å²) in [6.45, 7) is 3.72. The molecule has 1 amide bonds. The number of benzene rings is 2. The lowest BCUT2D eigenvalue weighted by Gasteiger charge is -2.41. The average Bonchev–Trinajstić information content (AvgIpc) is 2.85. The van der Waals surface area contributed by atoms with Crippen molar-refractivity contribution in [2.24, 2.45) is 5.92 Å². The van der Waals surface area contributed by atoms with Crippen LogP contribution in [0.5, 0.6) is 0 Å². The van der Waals surface area contributed by atoms with E-state index in [0.29, 0.717) is 37.9 Å². The molecule has 1 aliphatic heterocycles. The zero-order valence-electron chi connectivity index (χ0n) is 18.8. The van der Waals surface area contributed by atoms with Gasteiger partial charge in [-0.15, -0.1) is 0 Å². The Labute approximate surface area is 207 Å². The Balaban J connectivity index is 1.27. The van der Waals surface area contributed by atoms with Gasteiger partial charge >= 0.3 is 0 Å². The summed E-state index contributed by atoms with van der Waals surface area (Å²) in [6, 6.07) is 14.2. The maximum atomic E-state index is 13.3. The number of hydrogen-bond donors (Lipinski definition) is 0. The summed E-state index contributed by atoms with van der Waals surface area (Å²) in [5, 5.41) is 0.622. The summed E-state index contributed by atoms with van der Waals surface area (Å²) >= 11 is 1.95. The van der Waals surface area contributed by atoms with Crippen LogP contribution in [0.4, 0.5) is 0 Å². The van der Waals surface area contributed by atoms with Crippen LogP contribution < -0.4 is 5.56 Å². The fourth-order valence-corrected chi connectivity index (χ4v) is 5.83. The fraction of sp³-hybridized carbons (Fsp3) is 0.423. The van der Waals surface area contributed by atoms with Gasteiger partial charge in [-0.1, -0.05) is 30.3 Å². The van der Waals surface area contributed by atoms with Crippen LogP contribution in [0, 0.1) is 12.8 Å². The highest BCUT2D eigenvalue weighted by atomic mass is 127. The molecule has 2 heterocycles. The summed E-state index contributed by atoms with van der Waals surface area (Å²) < 4.78 is 7.59. The van der Waals surface area contributed by atoms with E-state index in [9.17, 15) is 9.59 Å². The van der Waals surface area contributed by atoms with Gasteiger partial charge in [0.15, 0.2) is 0 Å². The number of carbonyl (C=O) groups excluding carboxylic acids is 1. The Bertz CT molecular complexity index is 1250. The van der Waals surface area contributed by atoms with Gasteiger partial charge in [-0.2, -0.15) is 0 Å². The number of halogens is 1. The third-order valence-electron chi connectivity index (χ3n) is 7.29. The van der Waals surface area contributed by atoms with E-state index < -0.39 is 5.60 Å². The van der Waals surface area contributed by atoms with Crippen molar-refractivity contribution >= 4 is 39.8 Å². The summed E-state index contributed by atoms with van der Waals surface area (Å²) in [5.41, 5.74) is 3.95. The number of hydrogen-bond acceptors (Lipinski definition) is 4. The minimum atomic E-state index is -0.486. The van der Waals surface area contributed by atoms with E-state index in [4.69, 9.17) is 3.07 Å². The number of aryl methyl sites for hydroxylation is 2. The molecule has 1 unspecified atom stereocenters. The van der Waals surface area contributed by atoms with Gasteiger partial charge in [0.1, 0.15) is 28.6 Å². The lowest BCUT2D eigenvalue weighted by molar-refractivity contribution is -0.139. The summed E-state index contributed by atoms with van der Waals surface area (Å²) in [6.07, 6.45) is 5.73. The third-order valence-corrected chi connectivity index (χ3v) is 8.22. The second kappa shape index (κ2) is 9.18. The minimum absolute atomic E-state index is 0.0489. The number of fused-ring (bicyclic) bond motifs is 2. The van der Waals surface area contributed by atoms with Gasteiger partial charge in [0.05, 0.1) is 23.8 Å². The Hall–Kier alpha value is -2.26. The molecular weight excluding hydrogens is 529 g/mol. The van der Waals surface area contributed by atoms with Crippen LogP contribution in [-0.2, 0) is 27.2 Å². The zero-order chi connectivity index (χ0) is 23.0. The normalized spacial score (nSPS) is 19.9. The molecular formula is C26H28IN3O3. The van der Waals surface area contributed by atoms with Gasteiger partial charge in [0, 0.05) is 19.0 Å². The largest absolute Gasteiger partial charge is 0.342 e. The summed E-state index contributed by atoms with van der Waals surface area (Å²) in [4.78, 5) is 32.8. The lowest BCUT2D eigenvalue weighted by Crippen LogP contribution is -2.51. The molecule has 3 aromatic rings. The molecule has 7 heteroatoms. The minimum Gasteiger partial charge on any atom is -0.342 e. The lowest BCUT2D eigenvalue weighted by atomic mass is 9.82. The first kappa shape index (κ1) is 22.5. The third kappa shape index (κ3) is 4.45. The van der Waals surface area contributed by atoms with E-state index in [1.807, 2.05) is 53.0 Å². The molecule has 1 fully saturated rings. The van der Waals surface area contributed by atoms with E-state index in [1.165, 1.54) is 11.1 Å². The smallest absolute Gasteiger partial charge is 0.261 e. The molecule has 6 nitrogen and oxygen atoms in total. The molecule has 2 aliphatic rings. The predicted molar refractivity (Wildman–Crippen MR) is 136 cm³/mol. The van der Waals surface area contributed by atoms with Crippen LogP contribution in [0.3, 0.4) is 0 Å². The average molecular weight is 557 g/mol. The first-order valence-corrected chi connectivity index (χ1v) is 12.5. The number of aromatic nitrogens is 2. The first-order chi connectivity index (χ1) is 16.0. The van der Waals surface area contributed by atoms with E-state index in [2.05, 4.69) is 29.2 Å². The van der Waals surface area contributed by atoms with Crippen molar-refractivity contribution in [3.05, 3.63) is 75.8 Å². The first-order valence-electron chi connectivity index (χ1n) is 11.6. The monoisotopic (exact) mass is 557 g/mol. The molecule has 0 N–H and O–H groups in total. The molecule has 0 spiro atoms. The molecule has 1 atom stereocenters. The highest BCUT2D eigenvalue weighted by Crippen LogP contribution is 2.33. The highest BCUT2D eigenvalue weighted by Gasteiger charge is 2.39. The molecule has 0 radical (unpaired) electrons. The van der Waals surface area contributed by atoms with Crippen LogP contribution in [0.2, 0.25) is 0 Å². The Kier molecular flexibility index (Phi) is 6.26. The molecule has 5 rings (SSSR count). The van der Waals surface area contributed by atoms with Gasteiger partial charge in [-0.3, -0.25) is 14.2 Å². The zero-order valence-corrected chi connectivity index (χ0v) is 21.0. The van der Waals surface area contributed by atoms with Crippen LogP contribution >= 0.6 is 23.0 Å². The Morgan fingerprint density at radius 2 is 1.94 bits per heavy atom. The molecule has 1 aliphatic carbocycles. The van der Waals surface area contributed by atoms with Crippen molar-refractivity contribution in [1.29, 1.82) is 0 Å². The molecule has 0 bridgehead atoms. The van der Waals surface area contributed by atoms with Gasteiger partial charge in [0.25, 0.3) is 5.56 Å². The molecule has 1 saturated heterocycles. The Morgan fingerprint density at radius 3 is 2.70 bits per heavy atom. The van der Waals surface area contributed by atoms with Crippen molar-refractivity contribution in [2.75, 3.05) is 13.1 Å². The second-order valence-electron chi connectivity index (χ2n) is 9.49. The number of rotatable bonds is 4. The van der Waals surface area contributed by atoms with E-state index in [0.717, 1.165) is 30.3 Å². The fourth-order valence-electron chi connectivity index (χ4n) is 5.25. The van der Waals surface area contributed by atoms with Crippen LogP contribution in [-0.4, -0.2) is 39.0 Å². The summed E-state index contributed by atoms with van der Waals surface area (Å²) in [5.74, 6) is 0.315. The van der Waals surface area contributed by atoms with Crippen LogP contribution in [0.15, 0.2) is 53.6 Å². The number of likely N-dealkylation sites (tertiary alicyclic amines) is 1. The topological polar surface area (TPSA) is 64.4 Å². The van der Waals surface area contributed by atoms with Crippen molar-refractivity contribution in [1.82, 2.24) is 14.5 Å². The van der Waals surface area contributed by atoms with Gasteiger partial charge < -0.3 is 7.97 Å². The number of amides is 1. The molecule has 0 saturated carbocycles. The molecule has 33 heavy (non-hydrogen) atoms. The number of nitrogens with zero attached hydrogens (tertiary/aromatic N) is 3. The van der Waals surface area contributed by atoms with E-state index in [-0.39, 0.29) is 17.4 Å². The predicted octanol–water partition coefficient (Wildman–Crippen LogP) is 4.24. The number of carbonyl (C=O) groups is 1. The summed E-state index contributed by atoms with van der Waals surface area (Å²) in [7, 11) is 0.